The molecule has 1 fully saturated rings. The van der Waals surface area contributed by atoms with Gasteiger partial charge in [0.05, 0.1) is 0 Å². The van der Waals surface area contributed by atoms with E-state index in [4.69, 9.17) is 0 Å². The zero-order valence-electron chi connectivity index (χ0n) is 20.0. The highest BCUT2D eigenvalue weighted by Crippen LogP contribution is 2.23. The summed E-state index contributed by atoms with van der Waals surface area (Å²) in [6.45, 7) is 1.21. The van der Waals surface area contributed by atoms with Crippen molar-refractivity contribution in [2.45, 2.75) is 25.3 Å². The highest BCUT2D eigenvalue weighted by Gasteiger charge is 2.32. The fraction of sp³-hybridized carbons (Fsp3) is 0.276. The van der Waals surface area contributed by atoms with Gasteiger partial charge in [-0.15, -0.1) is 0 Å². The summed E-state index contributed by atoms with van der Waals surface area (Å²) in [5.74, 6) is -1.06. The highest BCUT2D eigenvalue weighted by molar-refractivity contribution is 5.97. The lowest BCUT2D eigenvalue weighted by Gasteiger charge is -2.34. The van der Waals surface area contributed by atoms with Crippen molar-refractivity contribution in [3.63, 3.8) is 0 Å². The Morgan fingerprint density at radius 1 is 0.861 bits per heavy atom. The van der Waals surface area contributed by atoms with E-state index in [1.807, 2.05) is 36.4 Å². The molecule has 3 amide bonds. The number of carbonyl (C=O) groups excluding carboxylic acids is 3. The summed E-state index contributed by atoms with van der Waals surface area (Å²) in [4.78, 5) is 40.7. The SMILES string of the molecule is O=C(NC(C(=O)N1CCC(C(=O)NCCc2ccccc2F)CC1)c1ccccc1)c1ccccc1. The maximum atomic E-state index is 13.8. The minimum absolute atomic E-state index is 0.0737. The van der Waals surface area contributed by atoms with E-state index < -0.39 is 6.04 Å². The Morgan fingerprint density at radius 3 is 2.14 bits per heavy atom. The predicted molar refractivity (Wildman–Crippen MR) is 136 cm³/mol. The Bertz CT molecular complexity index is 1180. The van der Waals surface area contributed by atoms with Gasteiger partial charge in [0.25, 0.3) is 5.91 Å². The minimum atomic E-state index is -0.815. The molecular formula is C29H30FN3O3. The number of amides is 3. The van der Waals surface area contributed by atoms with Crippen LogP contribution in [-0.4, -0.2) is 42.3 Å². The molecular weight excluding hydrogens is 457 g/mol. The molecule has 0 saturated carbocycles. The summed E-state index contributed by atoms with van der Waals surface area (Å²) in [7, 11) is 0. The standard InChI is InChI=1S/C29H30FN3O3/c30-25-14-8-7-9-21(25)15-18-31-27(34)24-16-19-33(20-17-24)29(36)26(22-10-3-1-4-11-22)32-28(35)23-12-5-2-6-13-23/h1-14,24,26H,15-20H2,(H,31,34)(H,32,35). The normalized spacial score (nSPS) is 14.6. The summed E-state index contributed by atoms with van der Waals surface area (Å²) in [5, 5.41) is 5.79. The first-order valence-electron chi connectivity index (χ1n) is 12.2. The average molecular weight is 488 g/mol. The highest BCUT2D eigenvalue weighted by atomic mass is 19.1. The van der Waals surface area contributed by atoms with Gasteiger partial charge >= 0.3 is 0 Å². The lowest BCUT2D eigenvalue weighted by molar-refractivity contribution is -0.137. The molecule has 3 aromatic carbocycles. The fourth-order valence-electron chi connectivity index (χ4n) is 4.45. The topological polar surface area (TPSA) is 78.5 Å². The van der Waals surface area contributed by atoms with Crippen molar-refractivity contribution < 1.29 is 18.8 Å². The van der Waals surface area contributed by atoms with Crippen LogP contribution in [0.25, 0.3) is 0 Å². The fourth-order valence-corrected chi connectivity index (χ4v) is 4.45. The Labute approximate surface area is 210 Å². The van der Waals surface area contributed by atoms with E-state index in [1.165, 1.54) is 6.07 Å². The minimum Gasteiger partial charge on any atom is -0.356 e. The van der Waals surface area contributed by atoms with Crippen molar-refractivity contribution in [1.29, 1.82) is 0 Å². The van der Waals surface area contributed by atoms with E-state index in [-0.39, 0.29) is 29.5 Å². The van der Waals surface area contributed by atoms with Crippen molar-refractivity contribution in [1.82, 2.24) is 15.5 Å². The van der Waals surface area contributed by atoms with Gasteiger partial charge in [0.1, 0.15) is 11.9 Å². The van der Waals surface area contributed by atoms with Gasteiger partial charge in [-0.3, -0.25) is 14.4 Å². The zero-order chi connectivity index (χ0) is 25.3. The van der Waals surface area contributed by atoms with Crippen LogP contribution in [0.5, 0.6) is 0 Å². The number of carbonyl (C=O) groups is 3. The van der Waals surface area contributed by atoms with Crippen LogP contribution in [0.4, 0.5) is 4.39 Å². The van der Waals surface area contributed by atoms with Crippen LogP contribution in [0.2, 0.25) is 0 Å². The number of hydrogen-bond donors (Lipinski definition) is 2. The molecule has 1 heterocycles. The third-order valence-corrected chi connectivity index (χ3v) is 6.52. The first-order valence-corrected chi connectivity index (χ1v) is 12.2. The van der Waals surface area contributed by atoms with Gasteiger partial charge in [-0.2, -0.15) is 0 Å². The smallest absolute Gasteiger partial charge is 0.252 e. The van der Waals surface area contributed by atoms with E-state index in [0.717, 1.165) is 0 Å². The quantitative estimate of drug-likeness (QED) is 0.506. The van der Waals surface area contributed by atoms with Gasteiger partial charge in [-0.05, 0) is 48.6 Å². The molecule has 186 valence electrons. The largest absolute Gasteiger partial charge is 0.356 e. The van der Waals surface area contributed by atoms with Crippen LogP contribution in [-0.2, 0) is 16.0 Å². The first kappa shape index (κ1) is 25.1. The zero-order valence-corrected chi connectivity index (χ0v) is 20.0. The third-order valence-electron chi connectivity index (χ3n) is 6.52. The van der Waals surface area contributed by atoms with Crippen molar-refractivity contribution in [3.8, 4) is 0 Å². The maximum absolute atomic E-state index is 13.8. The number of hydrogen-bond acceptors (Lipinski definition) is 3. The molecule has 4 rings (SSSR count). The number of nitrogens with one attached hydrogen (secondary N) is 2. The summed E-state index contributed by atoms with van der Waals surface area (Å²) in [5.41, 5.74) is 1.76. The number of halogens is 1. The molecule has 1 aliphatic heterocycles. The first-order chi connectivity index (χ1) is 17.5. The van der Waals surface area contributed by atoms with Crippen LogP contribution in [0, 0.1) is 11.7 Å². The Kier molecular flexibility index (Phi) is 8.44. The predicted octanol–water partition coefficient (Wildman–Crippen LogP) is 3.89. The molecule has 1 aliphatic rings. The lowest BCUT2D eigenvalue weighted by atomic mass is 9.94. The van der Waals surface area contributed by atoms with E-state index in [2.05, 4.69) is 10.6 Å². The van der Waals surface area contributed by atoms with Gasteiger partial charge in [0.2, 0.25) is 11.8 Å². The van der Waals surface area contributed by atoms with E-state index in [0.29, 0.717) is 55.6 Å². The molecule has 0 aliphatic carbocycles. The monoisotopic (exact) mass is 487 g/mol. The molecule has 1 atom stereocenters. The Morgan fingerprint density at radius 2 is 1.47 bits per heavy atom. The second-order valence-corrected chi connectivity index (χ2v) is 8.92. The van der Waals surface area contributed by atoms with Crippen LogP contribution in [0.3, 0.4) is 0 Å². The Hall–Kier alpha value is -4.00. The molecule has 2 N–H and O–H groups in total. The second-order valence-electron chi connectivity index (χ2n) is 8.92. The van der Waals surface area contributed by atoms with Gasteiger partial charge in [0, 0.05) is 31.1 Å². The summed E-state index contributed by atoms with van der Waals surface area (Å²) >= 11 is 0. The number of nitrogens with zero attached hydrogens (tertiary/aromatic N) is 1. The molecule has 3 aromatic rings. The molecule has 0 bridgehead atoms. The maximum Gasteiger partial charge on any atom is 0.252 e. The molecule has 36 heavy (non-hydrogen) atoms. The number of benzene rings is 3. The molecule has 1 saturated heterocycles. The molecule has 6 nitrogen and oxygen atoms in total. The summed E-state index contributed by atoms with van der Waals surface area (Å²) in [6.07, 6.45) is 1.49. The Balaban J connectivity index is 1.33. The molecule has 0 spiro atoms. The van der Waals surface area contributed by atoms with Gasteiger partial charge in [-0.25, -0.2) is 4.39 Å². The average Bonchev–Trinajstić information content (AvgIpc) is 2.93. The molecule has 0 radical (unpaired) electrons. The second kappa shape index (κ2) is 12.1. The molecule has 7 heteroatoms. The van der Waals surface area contributed by atoms with Crippen molar-refractivity contribution >= 4 is 17.7 Å². The summed E-state index contributed by atoms with van der Waals surface area (Å²) in [6, 6.07) is 23.7. The van der Waals surface area contributed by atoms with Gasteiger partial charge < -0.3 is 15.5 Å². The molecule has 0 aromatic heterocycles. The number of likely N-dealkylation sites (tertiary alicyclic amines) is 1. The number of rotatable bonds is 8. The van der Waals surface area contributed by atoms with Crippen molar-refractivity contribution in [2.24, 2.45) is 5.92 Å². The van der Waals surface area contributed by atoms with Gasteiger partial charge in [-0.1, -0.05) is 66.7 Å². The van der Waals surface area contributed by atoms with Crippen molar-refractivity contribution in [3.05, 3.63) is 107 Å². The van der Waals surface area contributed by atoms with Gasteiger partial charge in [0.15, 0.2) is 0 Å². The van der Waals surface area contributed by atoms with E-state index >= 15 is 0 Å². The van der Waals surface area contributed by atoms with E-state index in [9.17, 15) is 18.8 Å². The van der Waals surface area contributed by atoms with Crippen LogP contribution in [0.15, 0.2) is 84.9 Å². The van der Waals surface area contributed by atoms with E-state index in [1.54, 1.807) is 47.4 Å². The summed E-state index contributed by atoms with van der Waals surface area (Å²) < 4.78 is 13.8. The third kappa shape index (κ3) is 6.36. The lowest BCUT2D eigenvalue weighted by Crippen LogP contribution is -2.48. The van der Waals surface area contributed by atoms with Crippen molar-refractivity contribution in [2.75, 3.05) is 19.6 Å². The van der Waals surface area contributed by atoms with Crippen LogP contribution >= 0.6 is 0 Å². The van der Waals surface area contributed by atoms with Crippen LogP contribution in [0.1, 0.15) is 40.4 Å². The van der Waals surface area contributed by atoms with Crippen LogP contribution < -0.4 is 10.6 Å². The number of piperidine rings is 1. The molecule has 1 unspecified atom stereocenters.